The number of nitrogens with zero attached hydrogens (tertiary/aromatic N) is 4. The third-order valence-electron chi connectivity index (χ3n) is 6.26. The number of alkyl halides is 3. The fourth-order valence-corrected chi connectivity index (χ4v) is 4.22. The molecule has 0 spiro atoms. The zero-order valence-electron chi connectivity index (χ0n) is 18.8. The molecule has 0 aromatic heterocycles. The second-order valence-corrected chi connectivity index (χ2v) is 8.32. The zero-order chi connectivity index (χ0) is 24.2. The van der Waals surface area contributed by atoms with Crippen LogP contribution in [0.1, 0.15) is 12.8 Å². The molecule has 11 heteroatoms. The van der Waals surface area contributed by atoms with Gasteiger partial charge in [-0.1, -0.05) is 0 Å². The van der Waals surface area contributed by atoms with Gasteiger partial charge in [0, 0.05) is 50.5 Å². The number of piperidine rings is 1. The minimum atomic E-state index is -4.85. The molecule has 1 aromatic rings. The summed E-state index contributed by atoms with van der Waals surface area (Å²) in [5.41, 5.74) is 1.56. The second-order valence-electron chi connectivity index (χ2n) is 8.32. The average Bonchev–Trinajstić information content (AvgIpc) is 2.82. The van der Waals surface area contributed by atoms with E-state index in [0.29, 0.717) is 39.0 Å². The SMILES string of the molecule is COC(=O)CN1CCC(C(=O)N(C)c2ccc(N3CCN(C(=O)C(F)(F)F)CC3)cc2)CC1. The van der Waals surface area contributed by atoms with E-state index in [1.807, 2.05) is 34.1 Å². The largest absolute Gasteiger partial charge is 0.471 e. The number of rotatable bonds is 5. The number of halogens is 3. The van der Waals surface area contributed by atoms with Gasteiger partial charge in [0.05, 0.1) is 13.7 Å². The number of methoxy groups -OCH3 is 1. The van der Waals surface area contributed by atoms with E-state index in [1.165, 1.54) is 7.11 Å². The van der Waals surface area contributed by atoms with Gasteiger partial charge < -0.3 is 19.4 Å². The van der Waals surface area contributed by atoms with E-state index in [1.54, 1.807) is 11.9 Å². The number of carbonyl (C=O) groups is 3. The number of ether oxygens (including phenoxy) is 1. The van der Waals surface area contributed by atoms with Crippen molar-refractivity contribution in [2.45, 2.75) is 19.0 Å². The first kappa shape index (κ1) is 24.8. The summed E-state index contributed by atoms with van der Waals surface area (Å²) >= 11 is 0. The highest BCUT2D eigenvalue weighted by Crippen LogP contribution is 2.26. The second kappa shape index (κ2) is 10.4. The molecule has 0 aliphatic carbocycles. The quantitative estimate of drug-likeness (QED) is 0.611. The Balaban J connectivity index is 1.51. The Labute approximate surface area is 190 Å². The van der Waals surface area contributed by atoms with Crippen LogP contribution < -0.4 is 9.80 Å². The average molecular weight is 470 g/mol. The number of esters is 1. The van der Waals surface area contributed by atoms with Crippen LogP contribution in [0.5, 0.6) is 0 Å². The van der Waals surface area contributed by atoms with Crippen LogP contribution in [0, 0.1) is 5.92 Å². The number of anilines is 2. The molecule has 1 aromatic carbocycles. The molecule has 0 radical (unpaired) electrons. The summed E-state index contributed by atoms with van der Waals surface area (Å²) in [5, 5.41) is 0. The van der Waals surface area contributed by atoms with Crippen LogP contribution in [0.4, 0.5) is 24.5 Å². The van der Waals surface area contributed by atoms with Crippen LogP contribution in [-0.4, -0.2) is 93.7 Å². The Hall–Kier alpha value is -2.82. The van der Waals surface area contributed by atoms with Gasteiger partial charge in [0.15, 0.2) is 0 Å². The van der Waals surface area contributed by atoms with Crippen molar-refractivity contribution >= 4 is 29.2 Å². The molecule has 33 heavy (non-hydrogen) atoms. The first-order valence-electron chi connectivity index (χ1n) is 10.9. The van der Waals surface area contributed by atoms with Crippen LogP contribution in [0.15, 0.2) is 24.3 Å². The van der Waals surface area contributed by atoms with Crippen LogP contribution in [0.2, 0.25) is 0 Å². The first-order valence-corrected chi connectivity index (χ1v) is 10.9. The fraction of sp³-hybridized carbons (Fsp3) is 0.591. The summed E-state index contributed by atoms with van der Waals surface area (Å²) in [4.78, 5) is 42.1. The Morgan fingerprint density at radius 3 is 2.09 bits per heavy atom. The molecule has 2 heterocycles. The molecule has 2 aliphatic rings. The number of benzene rings is 1. The molecule has 8 nitrogen and oxygen atoms in total. The van der Waals surface area contributed by atoms with Gasteiger partial charge in [0.1, 0.15) is 0 Å². The molecule has 2 fully saturated rings. The molecule has 0 unspecified atom stereocenters. The molecule has 0 saturated carbocycles. The van der Waals surface area contributed by atoms with Gasteiger partial charge in [-0.3, -0.25) is 19.3 Å². The molecular weight excluding hydrogens is 441 g/mol. The molecule has 2 amide bonds. The predicted octanol–water partition coefficient (Wildman–Crippen LogP) is 1.75. The van der Waals surface area contributed by atoms with E-state index >= 15 is 0 Å². The minimum Gasteiger partial charge on any atom is -0.468 e. The van der Waals surface area contributed by atoms with E-state index in [0.717, 1.165) is 16.3 Å². The molecule has 0 atom stereocenters. The summed E-state index contributed by atoms with van der Waals surface area (Å²) in [7, 11) is 3.08. The highest BCUT2D eigenvalue weighted by molar-refractivity contribution is 5.94. The van der Waals surface area contributed by atoms with Crippen molar-refractivity contribution in [3.05, 3.63) is 24.3 Å². The Morgan fingerprint density at radius 2 is 1.58 bits per heavy atom. The standard InChI is InChI=1S/C22H29F3N4O4/c1-26(20(31)16-7-9-27(10-8-16)15-19(30)33-2)17-3-5-18(6-4-17)28-11-13-29(14-12-28)21(32)22(23,24)25/h3-6,16H,7-15H2,1-2H3. The van der Waals surface area contributed by atoms with Crippen molar-refractivity contribution in [3.63, 3.8) is 0 Å². The van der Waals surface area contributed by atoms with E-state index in [2.05, 4.69) is 4.74 Å². The van der Waals surface area contributed by atoms with Gasteiger partial charge in [-0.2, -0.15) is 13.2 Å². The smallest absolute Gasteiger partial charge is 0.468 e. The van der Waals surface area contributed by atoms with Crippen molar-refractivity contribution in [2.24, 2.45) is 5.92 Å². The van der Waals surface area contributed by atoms with Crippen LogP contribution in [0.3, 0.4) is 0 Å². The maximum absolute atomic E-state index is 12.9. The van der Waals surface area contributed by atoms with Crippen molar-refractivity contribution in [2.75, 3.05) is 69.8 Å². The van der Waals surface area contributed by atoms with Gasteiger partial charge in [0.25, 0.3) is 0 Å². The molecule has 0 bridgehead atoms. The van der Waals surface area contributed by atoms with E-state index in [9.17, 15) is 27.6 Å². The molecule has 3 rings (SSSR count). The monoisotopic (exact) mass is 470 g/mol. The highest BCUT2D eigenvalue weighted by Gasteiger charge is 2.43. The van der Waals surface area contributed by atoms with Crippen molar-refractivity contribution in [1.82, 2.24) is 9.80 Å². The first-order chi connectivity index (χ1) is 15.6. The molecule has 2 aliphatic heterocycles. The minimum absolute atomic E-state index is 0.00710. The van der Waals surface area contributed by atoms with E-state index < -0.39 is 12.1 Å². The number of likely N-dealkylation sites (tertiary alicyclic amines) is 1. The van der Waals surface area contributed by atoms with Gasteiger partial charge in [-0.25, -0.2) is 0 Å². The molecule has 182 valence electrons. The van der Waals surface area contributed by atoms with Crippen molar-refractivity contribution in [1.29, 1.82) is 0 Å². The van der Waals surface area contributed by atoms with E-state index in [4.69, 9.17) is 0 Å². The maximum atomic E-state index is 12.9. The number of hydrogen-bond acceptors (Lipinski definition) is 6. The Bertz CT molecular complexity index is 846. The molecular formula is C22H29F3N4O4. The molecule has 2 saturated heterocycles. The Kier molecular flexibility index (Phi) is 7.83. The lowest BCUT2D eigenvalue weighted by Gasteiger charge is -2.36. The lowest BCUT2D eigenvalue weighted by atomic mass is 9.95. The third kappa shape index (κ3) is 6.16. The summed E-state index contributed by atoms with van der Waals surface area (Å²) < 4.78 is 42.5. The van der Waals surface area contributed by atoms with Gasteiger partial charge in [-0.15, -0.1) is 0 Å². The van der Waals surface area contributed by atoms with Crippen LogP contribution in [0.25, 0.3) is 0 Å². The third-order valence-corrected chi connectivity index (χ3v) is 6.26. The Morgan fingerprint density at radius 1 is 1.00 bits per heavy atom. The lowest BCUT2D eigenvalue weighted by molar-refractivity contribution is -0.185. The summed E-state index contributed by atoms with van der Waals surface area (Å²) in [6.45, 7) is 2.16. The van der Waals surface area contributed by atoms with Gasteiger partial charge in [0.2, 0.25) is 5.91 Å². The predicted molar refractivity (Wildman–Crippen MR) is 116 cm³/mol. The van der Waals surface area contributed by atoms with Gasteiger partial charge in [-0.05, 0) is 50.2 Å². The van der Waals surface area contributed by atoms with Crippen molar-refractivity contribution in [3.8, 4) is 0 Å². The maximum Gasteiger partial charge on any atom is 0.471 e. The van der Waals surface area contributed by atoms with E-state index in [-0.39, 0.29) is 37.4 Å². The van der Waals surface area contributed by atoms with Crippen LogP contribution in [-0.2, 0) is 19.1 Å². The highest BCUT2D eigenvalue weighted by atomic mass is 19.4. The van der Waals surface area contributed by atoms with Crippen LogP contribution >= 0.6 is 0 Å². The zero-order valence-corrected chi connectivity index (χ0v) is 18.8. The normalized spacial score (nSPS) is 18.2. The molecule has 0 N–H and O–H groups in total. The lowest BCUT2D eigenvalue weighted by Crippen LogP contribution is -2.52. The fourth-order valence-electron chi connectivity index (χ4n) is 4.22. The number of carbonyl (C=O) groups excluding carboxylic acids is 3. The summed E-state index contributed by atoms with van der Waals surface area (Å²) in [6, 6.07) is 7.29. The number of amides is 2. The number of piperazine rings is 1. The summed E-state index contributed by atoms with van der Waals surface area (Å²) in [5.74, 6) is -2.19. The van der Waals surface area contributed by atoms with Gasteiger partial charge >= 0.3 is 18.1 Å². The van der Waals surface area contributed by atoms with Crippen molar-refractivity contribution < 1.29 is 32.3 Å². The topological polar surface area (TPSA) is 73.4 Å². The summed E-state index contributed by atoms with van der Waals surface area (Å²) in [6.07, 6.45) is -3.52. The number of hydrogen-bond donors (Lipinski definition) is 0.